The maximum absolute atomic E-state index is 12.2. The highest BCUT2D eigenvalue weighted by atomic mass is 35.5. The smallest absolute Gasteiger partial charge is 0.382 e. The van der Waals surface area contributed by atoms with Gasteiger partial charge in [-0.15, -0.1) is 12.4 Å². The summed E-state index contributed by atoms with van der Waals surface area (Å²) >= 11 is 0. The predicted octanol–water partition coefficient (Wildman–Crippen LogP) is 2.65. The molecule has 3 N–H and O–H groups in total. The predicted molar refractivity (Wildman–Crippen MR) is 62.2 cm³/mol. The van der Waals surface area contributed by atoms with Crippen LogP contribution in [0.1, 0.15) is 22.7 Å². The van der Waals surface area contributed by atoms with Gasteiger partial charge in [0, 0.05) is 0 Å². The van der Waals surface area contributed by atoms with E-state index in [9.17, 15) is 13.2 Å². The van der Waals surface area contributed by atoms with Crippen molar-refractivity contribution in [2.75, 3.05) is 0 Å². The number of hydrogen-bond donors (Lipinski definition) is 2. The number of benzene rings is 1. The van der Waals surface area contributed by atoms with Gasteiger partial charge in [-0.05, 0) is 30.5 Å². The van der Waals surface area contributed by atoms with Crippen molar-refractivity contribution in [3.05, 3.63) is 34.9 Å². The van der Waals surface area contributed by atoms with Crippen molar-refractivity contribution in [1.29, 1.82) is 0 Å². The topological polar surface area (TPSA) is 46.2 Å². The molecule has 0 unspecified atom stereocenters. The molecule has 0 spiro atoms. The van der Waals surface area contributed by atoms with Crippen molar-refractivity contribution in [2.45, 2.75) is 32.2 Å². The summed E-state index contributed by atoms with van der Waals surface area (Å²) in [5.74, 6) is 0. The standard InChI is InChI=1S/C11H14F3NO.ClH/c1-6-3-4-8(5-7(6)2)9(15)10(16)11(12,13)14;/h3-5,9-10,16H,15H2,1-2H3;1H/t9-,10-;/m0./s1. The lowest BCUT2D eigenvalue weighted by molar-refractivity contribution is -0.210. The summed E-state index contributed by atoms with van der Waals surface area (Å²) < 4.78 is 36.7. The number of aliphatic hydroxyl groups is 1. The first-order chi connectivity index (χ1) is 7.23. The molecule has 2 atom stereocenters. The zero-order valence-electron chi connectivity index (χ0n) is 9.45. The molecular weight excluding hydrogens is 255 g/mol. The van der Waals surface area contributed by atoms with Crippen LogP contribution in [0.4, 0.5) is 13.2 Å². The molecule has 0 aliphatic heterocycles. The van der Waals surface area contributed by atoms with Crippen LogP contribution in [0.5, 0.6) is 0 Å². The van der Waals surface area contributed by atoms with Crippen LogP contribution in [0.25, 0.3) is 0 Å². The molecule has 2 nitrogen and oxygen atoms in total. The zero-order chi connectivity index (χ0) is 12.5. The van der Waals surface area contributed by atoms with Gasteiger partial charge in [0.1, 0.15) is 0 Å². The van der Waals surface area contributed by atoms with Crippen LogP contribution in [-0.4, -0.2) is 17.4 Å². The molecule has 0 fully saturated rings. The van der Waals surface area contributed by atoms with E-state index in [-0.39, 0.29) is 18.0 Å². The molecule has 0 heterocycles. The number of halogens is 4. The van der Waals surface area contributed by atoms with Crippen LogP contribution in [0.3, 0.4) is 0 Å². The SMILES string of the molecule is Cc1ccc([C@H](N)[C@H](O)C(F)(F)F)cc1C.Cl. The van der Waals surface area contributed by atoms with E-state index in [1.807, 2.05) is 6.92 Å². The molecule has 0 aliphatic carbocycles. The van der Waals surface area contributed by atoms with E-state index in [0.29, 0.717) is 0 Å². The summed E-state index contributed by atoms with van der Waals surface area (Å²) in [5.41, 5.74) is 7.48. The number of alkyl halides is 3. The minimum Gasteiger partial charge on any atom is -0.382 e. The maximum atomic E-state index is 12.2. The van der Waals surface area contributed by atoms with Crippen LogP contribution in [0, 0.1) is 13.8 Å². The second-order valence-corrected chi connectivity index (χ2v) is 3.86. The Balaban J connectivity index is 0.00000256. The van der Waals surface area contributed by atoms with Gasteiger partial charge >= 0.3 is 6.18 Å². The molecule has 0 amide bonds. The molecule has 0 radical (unpaired) electrons. The second kappa shape index (κ2) is 5.71. The molecule has 0 aliphatic rings. The third kappa shape index (κ3) is 3.87. The van der Waals surface area contributed by atoms with Crippen LogP contribution in [0.2, 0.25) is 0 Å². The third-order valence-electron chi connectivity index (χ3n) is 2.59. The molecule has 0 saturated heterocycles. The van der Waals surface area contributed by atoms with Gasteiger partial charge in [-0.3, -0.25) is 0 Å². The third-order valence-corrected chi connectivity index (χ3v) is 2.59. The fourth-order valence-corrected chi connectivity index (χ4v) is 1.36. The van der Waals surface area contributed by atoms with Crippen LogP contribution in [0.15, 0.2) is 18.2 Å². The zero-order valence-corrected chi connectivity index (χ0v) is 10.3. The lowest BCUT2D eigenvalue weighted by Gasteiger charge is -2.22. The first-order valence-electron chi connectivity index (χ1n) is 4.81. The Morgan fingerprint density at radius 3 is 2.12 bits per heavy atom. The van der Waals surface area contributed by atoms with E-state index in [1.165, 1.54) is 6.07 Å². The number of aryl methyl sites for hydroxylation is 2. The number of nitrogens with two attached hydrogens (primary N) is 1. The lowest BCUT2D eigenvalue weighted by atomic mass is 9.98. The summed E-state index contributed by atoms with van der Waals surface area (Å²) in [7, 11) is 0. The number of rotatable bonds is 2. The monoisotopic (exact) mass is 269 g/mol. The van der Waals surface area contributed by atoms with Gasteiger partial charge in [-0.1, -0.05) is 18.2 Å². The molecular formula is C11H15ClF3NO. The number of hydrogen-bond acceptors (Lipinski definition) is 2. The summed E-state index contributed by atoms with van der Waals surface area (Å²) in [4.78, 5) is 0. The highest BCUT2D eigenvalue weighted by Gasteiger charge is 2.42. The second-order valence-electron chi connectivity index (χ2n) is 3.86. The van der Waals surface area contributed by atoms with Crippen LogP contribution >= 0.6 is 12.4 Å². The van der Waals surface area contributed by atoms with Gasteiger partial charge < -0.3 is 10.8 Å². The number of aliphatic hydroxyl groups excluding tert-OH is 1. The summed E-state index contributed by atoms with van der Waals surface area (Å²) in [6.45, 7) is 3.64. The van der Waals surface area contributed by atoms with Crippen molar-refractivity contribution in [1.82, 2.24) is 0 Å². The van der Waals surface area contributed by atoms with Gasteiger partial charge in [-0.25, -0.2) is 0 Å². The Bertz CT molecular complexity index is 381. The highest BCUT2D eigenvalue weighted by molar-refractivity contribution is 5.85. The maximum Gasteiger partial charge on any atom is 0.416 e. The Labute approximate surface area is 104 Å². The molecule has 1 aromatic rings. The molecule has 98 valence electrons. The van der Waals surface area contributed by atoms with E-state index in [1.54, 1.807) is 19.1 Å². The Kier molecular flexibility index (Phi) is 5.45. The van der Waals surface area contributed by atoms with Gasteiger partial charge in [0.15, 0.2) is 6.10 Å². The Morgan fingerprint density at radius 1 is 1.18 bits per heavy atom. The fraction of sp³-hybridized carbons (Fsp3) is 0.455. The van der Waals surface area contributed by atoms with Crippen molar-refractivity contribution in [3.63, 3.8) is 0 Å². The van der Waals surface area contributed by atoms with Gasteiger partial charge in [0.2, 0.25) is 0 Å². The minimum atomic E-state index is -4.70. The highest BCUT2D eigenvalue weighted by Crippen LogP contribution is 2.29. The quantitative estimate of drug-likeness (QED) is 0.867. The van der Waals surface area contributed by atoms with Crippen molar-refractivity contribution < 1.29 is 18.3 Å². The lowest BCUT2D eigenvalue weighted by Crippen LogP contribution is -2.38. The van der Waals surface area contributed by atoms with Crippen molar-refractivity contribution in [3.8, 4) is 0 Å². The normalized spacial score (nSPS) is 15.0. The fourth-order valence-electron chi connectivity index (χ4n) is 1.36. The first-order valence-corrected chi connectivity index (χ1v) is 4.81. The van der Waals surface area contributed by atoms with E-state index in [4.69, 9.17) is 10.8 Å². The first kappa shape index (κ1) is 16.2. The molecule has 0 bridgehead atoms. The molecule has 0 saturated carbocycles. The van der Waals surface area contributed by atoms with E-state index >= 15 is 0 Å². The average Bonchev–Trinajstić information content (AvgIpc) is 2.18. The molecule has 17 heavy (non-hydrogen) atoms. The van der Waals surface area contributed by atoms with E-state index < -0.39 is 18.3 Å². The summed E-state index contributed by atoms with van der Waals surface area (Å²) in [6.07, 6.45) is -7.23. The molecule has 1 aromatic carbocycles. The molecule has 1 rings (SSSR count). The average molecular weight is 270 g/mol. The van der Waals surface area contributed by atoms with Crippen LogP contribution < -0.4 is 5.73 Å². The summed E-state index contributed by atoms with van der Waals surface area (Å²) in [6, 6.07) is 3.31. The van der Waals surface area contributed by atoms with Crippen molar-refractivity contribution in [2.24, 2.45) is 5.73 Å². The van der Waals surface area contributed by atoms with Gasteiger partial charge in [0.25, 0.3) is 0 Å². The molecule has 0 aromatic heterocycles. The summed E-state index contributed by atoms with van der Waals surface area (Å²) in [5, 5.41) is 9.02. The van der Waals surface area contributed by atoms with E-state index in [2.05, 4.69) is 0 Å². The van der Waals surface area contributed by atoms with Crippen molar-refractivity contribution >= 4 is 12.4 Å². The van der Waals surface area contributed by atoms with Crippen LogP contribution in [-0.2, 0) is 0 Å². The van der Waals surface area contributed by atoms with Gasteiger partial charge in [0.05, 0.1) is 6.04 Å². The molecule has 6 heteroatoms. The Hall–Kier alpha value is -0.780. The minimum absolute atomic E-state index is 0. The van der Waals surface area contributed by atoms with Gasteiger partial charge in [-0.2, -0.15) is 13.2 Å². The van der Waals surface area contributed by atoms with E-state index in [0.717, 1.165) is 11.1 Å². The Morgan fingerprint density at radius 2 is 1.71 bits per heavy atom. The largest absolute Gasteiger partial charge is 0.416 e.